The molecule has 1 atom stereocenters. The molecule has 0 fully saturated rings. The average Bonchev–Trinajstić information content (AvgIpc) is 1.65. The normalized spacial score (nSPS) is 11.8. The van der Waals surface area contributed by atoms with Crippen LogP contribution in [0.4, 0.5) is 4.39 Å². The summed E-state index contributed by atoms with van der Waals surface area (Å²) in [5, 5.41) is 7.73. The van der Waals surface area contributed by atoms with Crippen molar-refractivity contribution in [2.45, 2.75) is 6.17 Å². The third-order valence-corrected chi connectivity index (χ3v) is 0.475. The fourth-order valence-electron chi connectivity index (χ4n) is 0.101. The van der Waals surface area contributed by atoms with Gasteiger partial charge in [0.15, 0.2) is 0 Å². The van der Waals surface area contributed by atoms with Crippen LogP contribution in [0.15, 0.2) is 0 Å². The lowest BCUT2D eigenvalue weighted by atomic mass is 11.4. The van der Waals surface area contributed by atoms with Gasteiger partial charge in [0.2, 0.25) is 6.17 Å². The van der Waals surface area contributed by atoms with Gasteiger partial charge in [-0.05, 0) is 0 Å². The molecule has 0 aliphatic rings. The van der Waals surface area contributed by atoms with Gasteiger partial charge in [-0.3, -0.25) is 0 Å². The Bertz CT molecular complexity index is 79.7. The van der Waals surface area contributed by atoms with Crippen LogP contribution in [0.2, 0.25) is 0 Å². The van der Waals surface area contributed by atoms with Gasteiger partial charge in [-0.2, -0.15) is 0 Å². The summed E-state index contributed by atoms with van der Waals surface area (Å²) in [6.07, 6.45) is -1.90. The highest BCUT2D eigenvalue weighted by atomic mass is 35.5. The Morgan fingerprint density at radius 1 is 1.88 bits per heavy atom. The first-order valence-electron chi connectivity index (χ1n) is 1.75. The van der Waals surface area contributed by atoms with Gasteiger partial charge in [-0.25, -0.2) is 9.18 Å². The average molecular weight is 148 g/mol. The first kappa shape index (κ1) is 10.6. The van der Waals surface area contributed by atoms with Crippen LogP contribution in [0.3, 0.4) is 0 Å². The molecule has 1 unspecified atom stereocenters. The lowest BCUT2D eigenvalue weighted by molar-refractivity contribution is -0.142. The molecule has 0 aromatic rings. The van der Waals surface area contributed by atoms with Gasteiger partial charge < -0.3 is 10.8 Å². The van der Waals surface area contributed by atoms with E-state index in [-0.39, 0.29) is 12.4 Å². The van der Waals surface area contributed by atoms with Gasteiger partial charge in [-0.1, -0.05) is 0 Å². The Balaban J connectivity index is 0. The van der Waals surface area contributed by atoms with Crippen LogP contribution in [0.25, 0.3) is 0 Å². The van der Waals surface area contributed by atoms with E-state index in [4.69, 9.17) is 5.11 Å². The van der Waals surface area contributed by atoms with Gasteiger partial charge in [0, 0.05) is 6.54 Å². The van der Waals surface area contributed by atoms with Crippen molar-refractivity contribution in [1.82, 2.24) is 0 Å². The van der Waals surface area contributed by atoms with Crippen molar-refractivity contribution in [2.24, 2.45) is 5.73 Å². The second-order valence-corrected chi connectivity index (χ2v) is 1.04. The van der Waals surface area contributed by atoms with Crippen LogP contribution >= 0.6 is 12.4 Å². The molecule has 0 aliphatic carbocycles. The maximum atomic E-state index is 11.5. The van der Waals surface area contributed by atoms with Gasteiger partial charge in [0.25, 0.3) is 0 Å². The fraction of sp³-hybridized carbons (Fsp3) is 0.667. The number of carbonyl (C=O) groups is 1. The van der Waals surface area contributed by atoms with E-state index < -0.39 is 18.7 Å². The molecule has 0 rings (SSSR count). The SMILES string of the molecule is Cl.[15NH2][13CH2][13CH](F)[13C](=O)O. The summed E-state index contributed by atoms with van der Waals surface area (Å²) in [4.78, 5) is 9.48. The van der Waals surface area contributed by atoms with E-state index in [1.54, 1.807) is 0 Å². The number of rotatable bonds is 2. The summed E-state index contributed by atoms with van der Waals surface area (Å²) in [6, 6.07) is 0. The Kier molecular flexibility index (Phi) is 6.36. The molecule has 0 bridgehead atoms. The molecule has 0 radical (unpaired) electrons. The van der Waals surface area contributed by atoms with Crippen molar-refractivity contribution in [3.05, 3.63) is 0 Å². The van der Waals surface area contributed by atoms with Crippen molar-refractivity contribution in [1.29, 1.82) is 0 Å². The Morgan fingerprint density at radius 2 is 2.25 bits per heavy atom. The topological polar surface area (TPSA) is 63.3 Å². The third-order valence-electron chi connectivity index (χ3n) is 0.475. The van der Waals surface area contributed by atoms with Gasteiger partial charge in [0.1, 0.15) is 0 Å². The number of carboxylic acids is 1. The number of alkyl halides is 1. The molecule has 0 aliphatic heterocycles. The Labute approximate surface area is 52.1 Å². The summed E-state index contributed by atoms with van der Waals surface area (Å²) in [5.74, 6) is -1.50. The highest BCUT2D eigenvalue weighted by Gasteiger charge is 2.10. The van der Waals surface area contributed by atoms with E-state index in [2.05, 4.69) is 5.73 Å². The predicted molar refractivity (Wildman–Crippen MR) is 28.8 cm³/mol. The smallest absolute Gasteiger partial charge is 0.339 e. The number of hydrogen-bond donors (Lipinski definition) is 2. The number of carboxylic acid groups (broad SMARTS) is 1. The number of hydrogen-bond acceptors (Lipinski definition) is 2. The minimum Gasteiger partial charge on any atom is -0.479 e. The van der Waals surface area contributed by atoms with Gasteiger partial charge >= 0.3 is 5.97 Å². The van der Waals surface area contributed by atoms with Crippen molar-refractivity contribution in [3.8, 4) is 0 Å². The number of halogens is 2. The summed E-state index contributed by atoms with van der Waals surface area (Å²) >= 11 is 0. The summed E-state index contributed by atoms with van der Waals surface area (Å²) in [5.41, 5.74) is 4.62. The summed E-state index contributed by atoms with van der Waals surface area (Å²) < 4.78 is 11.5. The molecule has 0 amide bonds. The molecule has 3 N–H and O–H groups in total. The quantitative estimate of drug-likeness (QED) is 0.420. The van der Waals surface area contributed by atoms with Crippen molar-refractivity contribution in [3.63, 3.8) is 0 Å². The summed E-state index contributed by atoms with van der Waals surface area (Å²) in [7, 11) is 0. The van der Waals surface area contributed by atoms with Gasteiger partial charge in [-0.15, -0.1) is 12.4 Å². The first-order valence-corrected chi connectivity index (χ1v) is 1.75. The molecule has 0 aromatic heterocycles. The molecule has 0 spiro atoms. The fourth-order valence-corrected chi connectivity index (χ4v) is 0.101. The summed E-state index contributed by atoms with van der Waals surface area (Å²) in [6.45, 7) is -0.449. The zero-order valence-corrected chi connectivity index (χ0v) is 4.82. The third kappa shape index (κ3) is 3.83. The zero-order valence-electron chi connectivity index (χ0n) is 4.00. The molecule has 8 heavy (non-hydrogen) atoms. The largest absolute Gasteiger partial charge is 0.479 e. The van der Waals surface area contributed by atoms with Crippen molar-refractivity contribution in [2.75, 3.05) is 6.54 Å². The van der Waals surface area contributed by atoms with Crippen molar-refractivity contribution >= 4 is 18.4 Å². The van der Waals surface area contributed by atoms with Crippen LogP contribution in [0.1, 0.15) is 0 Å². The molecule has 0 aromatic carbocycles. The lowest BCUT2D eigenvalue weighted by Crippen LogP contribution is -2.24. The number of nitrogens with two attached hydrogens (primary N) is 1. The minimum absolute atomic E-state index is 0. The monoisotopic (exact) mass is 147 g/mol. The molecule has 0 heterocycles. The van der Waals surface area contributed by atoms with Crippen LogP contribution in [-0.4, -0.2) is 23.8 Å². The van der Waals surface area contributed by atoms with E-state index >= 15 is 0 Å². The molecule has 3 nitrogen and oxygen atoms in total. The molecule has 0 saturated heterocycles. The van der Waals surface area contributed by atoms with E-state index in [9.17, 15) is 9.18 Å². The van der Waals surface area contributed by atoms with Crippen LogP contribution < -0.4 is 5.73 Å². The first-order chi connectivity index (χ1) is 3.18. The Hall–Kier alpha value is -0.350. The number of aliphatic carboxylic acids is 1. The Morgan fingerprint density at radius 3 is 2.25 bits per heavy atom. The maximum absolute atomic E-state index is 11.5. The molecular weight excluding hydrogens is 140 g/mol. The molecular formula is C3H7ClFNO2. The maximum Gasteiger partial charge on any atom is 0.339 e. The van der Waals surface area contributed by atoms with Crippen LogP contribution in [-0.2, 0) is 4.79 Å². The highest BCUT2D eigenvalue weighted by Crippen LogP contribution is 1.83. The van der Waals surface area contributed by atoms with E-state index in [0.717, 1.165) is 0 Å². The molecule has 0 saturated carbocycles. The second kappa shape index (κ2) is 4.80. The standard InChI is InChI=1S/C3H6FNO2.ClH/c4-2(1-5)3(6)7;/h2H,1,5H2,(H,6,7);1H/i1+1,2+1,3+1,5+1;. The lowest BCUT2D eigenvalue weighted by Gasteiger charge is -1.92. The van der Waals surface area contributed by atoms with Crippen LogP contribution in [0.5, 0.6) is 0 Å². The molecule has 50 valence electrons. The van der Waals surface area contributed by atoms with Gasteiger partial charge in [0.05, 0.1) is 0 Å². The van der Waals surface area contributed by atoms with E-state index in [1.807, 2.05) is 0 Å². The van der Waals surface area contributed by atoms with E-state index in [0.29, 0.717) is 0 Å². The predicted octanol–water partition coefficient (Wildman–Crippen LogP) is -0.210. The van der Waals surface area contributed by atoms with Crippen LogP contribution in [0, 0.1) is 0 Å². The van der Waals surface area contributed by atoms with E-state index in [1.165, 1.54) is 0 Å². The van der Waals surface area contributed by atoms with Crippen molar-refractivity contribution < 1.29 is 14.3 Å². The highest BCUT2D eigenvalue weighted by molar-refractivity contribution is 5.85. The second-order valence-electron chi connectivity index (χ2n) is 1.04. The zero-order chi connectivity index (χ0) is 5.86. The molecule has 5 heteroatoms. The minimum atomic E-state index is -1.90.